The van der Waals surface area contributed by atoms with E-state index in [-0.39, 0.29) is 5.91 Å². The van der Waals surface area contributed by atoms with E-state index in [4.69, 9.17) is 28.9 Å². The van der Waals surface area contributed by atoms with Gasteiger partial charge >= 0.3 is 0 Å². The molecule has 0 atom stereocenters. The lowest BCUT2D eigenvalue weighted by atomic mass is 10.1. The highest BCUT2D eigenvalue weighted by molar-refractivity contribution is 7.21. The molecule has 0 bridgehead atoms. The van der Waals surface area contributed by atoms with Crippen LogP contribution in [0, 0.1) is 0 Å². The summed E-state index contributed by atoms with van der Waals surface area (Å²) in [7, 11) is 0. The van der Waals surface area contributed by atoms with E-state index < -0.39 is 0 Å². The van der Waals surface area contributed by atoms with Gasteiger partial charge in [-0.1, -0.05) is 29.3 Å². The van der Waals surface area contributed by atoms with Gasteiger partial charge in [-0.3, -0.25) is 9.78 Å². The molecule has 0 unspecified atom stereocenters. The van der Waals surface area contributed by atoms with Crippen LogP contribution in [0.5, 0.6) is 0 Å². The van der Waals surface area contributed by atoms with E-state index in [0.717, 1.165) is 16.6 Å². The van der Waals surface area contributed by atoms with Gasteiger partial charge in [0.2, 0.25) is 0 Å². The van der Waals surface area contributed by atoms with E-state index in [9.17, 15) is 4.79 Å². The molecule has 0 aliphatic heterocycles. The highest BCUT2D eigenvalue weighted by Gasteiger charge is 2.19. The standard InChI is InChI=1S/C19H12Cl2N4OS/c20-12-2-1-3-13(21)16(12)25-18(26)17-15(22)11-4-5-14(24-19(11)27-17)10-6-8-23-9-7-10/h1-9H,22H2,(H,25,26). The molecule has 3 aromatic heterocycles. The number of anilines is 2. The zero-order valence-electron chi connectivity index (χ0n) is 13.7. The molecular weight excluding hydrogens is 403 g/mol. The molecule has 0 aliphatic rings. The lowest BCUT2D eigenvalue weighted by Crippen LogP contribution is -2.12. The normalized spacial score (nSPS) is 10.9. The largest absolute Gasteiger partial charge is 0.397 e. The average molecular weight is 415 g/mol. The number of nitrogens with one attached hydrogen (secondary N) is 1. The number of hydrogen-bond donors (Lipinski definition) is 2. The van der Waals surface area contributed by atoms with Crippen LogP contribution in [0.1, 0.15) is 9.67 Å². The minimum absolute atomic E-state index is 0.355. The molecule has 4 aromatic rings. The molecule has 8 heteroatoms. The Morgan fingerprint density at radius 2 is 1.74 bits per heavy atom. The van der Waals surface area contributed by atoms with Gasteiger partial charge in [0.25, 0.3) is 5.91 Å². The molecular formula is C19H12Cl2N4OS. The first-order valence-corrected chi connectivity index (χ1v) is 9.46. The third-order valence-corrected chi connectivity index (χ3v) is 5.72. The number of nitrogen functional groups attached to an aromatic ring is 1. The van der Waals surface area contributed by atoms with Gasteiger partial charge in [0.05, 0.1) is 27.1 Å². The van der Waals surface area contributed by atoms with E-state index in [1.807, 2.05) is 24.3 Å². The predicted molar refractivity (Wildman–Crippen MR) is 112 cm³/mol. The van der Waals surface area contributed by atoms with Crippen molar-refractivity contribution >= 4 is 62.0 Å². The Kier molecular flexibility index (Phi) is 4.70. The minimum Gasteiger partial charge on any atom is -0.397 e. The van der Waals surface area contributed by atoms with Crippen LogP contribution in [-0.2, 0) is 0 Å². The molecule has 1 aromatic carbocycles. The number of para-hydroxylation sites is 1. The number of carbonyl (C=O) groups is 1. The van der Waals surface area contributed by atoms with Gasteiger partial charge in [0.1, 0.15) is 9.71 Å². The minimum atomic E-state index is -0.379. The van der Waals surface area contributed by atoms with Gasteiger partial charge in [-0.05, 0) is 36.4 Å². The second-order valence-corrected chi connectivity index (χ2v) is 7.49. The van der Waals surface area contributed by atoms with Crippen molar-refractivity contribution in [3.8, 4) is 11.3 Å². The summed E-state index contributed by atoms with van der Waals surface area (Å²) in [6.45, 7) is 0. The number of hydrogen-bond acceptors (Lipinski definition) is 5. The Bertz CT molecular complexity index is 1140. The second-order valence-electron chi connectivity index (χ2n) is 5.68. The molecule has 0 spiro atoms. The highest BCUT2D eigenvalue weighted by Crippen LogP contribution is 2.36. The monoisotopic (exact) mass is 414 g/mol. The first-order chi connectivity index (χ1) is 13.0. The molecule has 0 aliphatic carbocycles. The van der Waals surface area contributed by atoms with Crippen molar-refractivity contribution in [3.05, 3.63) is 69.8 Å². The van der Waals surface area contributed by atoms with Crippen LogP contribution in [0.4, 0.5) is 11.4 Å². The number of carbonyl (C=O) groups excluding carboxylic acids is 1. The third kappa shape index (κ3) is 3.35. The summed E-state index contributed by atoms with van der Waals surface area (Å²) in [6, 6.07) is 12.5. The van der Waals surface area contributed by atoms with Crippen LogP contribution in [0.3, 0.4) is 0 Å². The SMILES string of the molecule is Nc1c(C(=O)Nc2c(Cl)cccc2Cl)sc2nc(-c3ccncc3)ccc12. The summed E-state index contributed by atoms with van der Waals surface area (Å²) in [4.78, 5) is 22.4. The fourth-order valence-electron chi connectivity index (χ4n) is 2.64. The molecule has 1 amide bonds. The quantitative estimate of drug-likeness (QED) is 0.463. The molecule has 3 N–H and O–H groups in total. The van der Waals surface area contributed by atoms with Gasteiger partial charge in [-0.15, -0.1) is 11.3 Å². The number of rotatable bonds is 3. The first kappa shape index (κ1) is 17.7. The topological polar surface area (TPSA) is 80.9 Å². The average Bonchev–Trinajstić information content (AvgIpc) is 3.01. The fourth-order valence-corrected chi connectivity index (χ4v) is 4.12. The summed E-state index contributed by atoms with van der Waals surface area (Å²) >= 11 is 13.5. The predicted octanol–water partition coefficient (Wildman–Crippen LogP) is 5.50. The highest BCUT2D eigenvalue weighted by atomic mass is 35.5. The van der Waals surface area contributed by atoms with E-state index >= 15 is 0 Å². The van der Waals surface area contributed by atoms with Crippen LogP contribution < -0.4 is 11.1 Å². The van der Waals surface area contributed by atoms with E-state index in [1.165, 1.54) is 11.3 Å². The number of amides is 1. The smallest absolute Gasteiger partial charge is 0.268 e. The lowest BCUT2D eigenvalue weighted by Gasteiger charge is -2.08. The summed E-state index contributed by atoms with van der Waals surface area (Å²) in [5.74, 6) is -0.379. The summed E-state index contributed by atoms with van der Waals surface area (Å²) in [5.41, 5.74) is 8.65. The molecule has 5 nitrogen and oxygen atoms in total. The maximum Gasteiger partial charge on any atom is 0.268 e. The van der Waals surface area contributed by atoms with Crippen molar-refractivity contribution in [2.75, 3.05) is 11.1 Å². The van der Waals surface area contributed by atoms with Gasteiger partial charge in [-0.2, -0.15) is 0 Å². The van der Waals surface area contributed by atoms with Gasteiger partial charge in [0.15, 0.2) is 0 Å². The Hall–Kier alpha value is -2.67. The van der Waals surface area contributed by atoms with Gasteiger partial charge in [0, 0.05) is 23.3 Å². The molecule has 3 heterocycles. The van der Waals surface area contributed by atoms with Crippen LogP contribution in [-0.4, -0.2) is 15.9 Å². The Balaban J connectivity index is 1.72. The number of thiophene rings is 1. The number of fused-ring (bicyclic) bond motifs is 1. The number of benzene rings is 1. The maximum atomic E-state index is 12.7. The Labute approximate surface area is 168 Å². The third-order valence-electron chi connectivity index (χ3n) is 3.98. The fraction of sp³-hybridized carbons (Fsp3) is 0. The first-order valence-electron chi connectivity index (χ1n) is 7.89. The number of aromatic nitrogens is 2. The molecule has 0 saturated heterocycles. The van der Waals surface area contributed by atoms with Crippen molar-refractivity contribution in [2.24, 2.45) is 0 Å². The molecule has 0 fully saturated rings. The van der Waals surface area contributed by atoms with Crippen molar-refractivity contribution < 1.29 is 4.79 Å². The van der Waals surface area contributed by atoms with Crippen LogP contribution in [0.2, 0.25) is 10.0 Å². The lowest BCUT2D eigenvalue weighted by molar-refractivity contribution is 0.103. The van der Waals surface area contributed by atoms with Crippen LogP contribution >= 0.6 is 34.5 Å². The van der Waals surface area contributed by atoms with Crippen LogP contribution in [0.15, 0.2) is 54.9 Å². The van der Waals surface area contributed by atoms with E-state index in [0.29, 0.717) is 31.1 Å². The van der Waals surface area contributed by atoms with Crippen molar-refractivity contribution in [1.29, 1.82) is 0 Å². The molecule has 134 valence electrons. The zero-order chi connectivity index (χ0) is 19.0. The maximum absolute atomic E-state index is 12.7. The number of pyridine rings is 2. The molecule has 4 rings (SSSR count). The van der Waals surface area contributed by atoms with Gasteiger partial charge in [-0.25, -0.2) is 4.98 Å². The Morgan fingerprint density at radius 1 is 1.04 bits per heavy atom. The molecule has 0 saturated carbocycles. The summed E-state index contributed by atoms with van der Waals surface area (Å²) in [5, 5.41) is 4.17. The summed E-state index contributed by atoms with van der Waals surface area (Å²) in [6.07, 6.45) is 3.41. The number of nitrogens with zero attached hydrogens (tertiary/aromatic N) is 2. The summed E-state index contributed by atoms with van der Waals surface area (Å²) < 4.78 is 0. The number of halogens is 2. The zero-order valence-corrected chi connectivity index (χ0v) is 16.1. The second kappa shape index (κ2) is 7.15. The van der Waals surface area contributed by atoms with E-state index in [1.54, 1.807) is 30.6 Å². The molecule has 27 heavy (non-hydrogen) atoms. The van der Waals surface area contributed by atoms with Crippen molar-refractivity contribution in [1.82, 2.24) is 9.97 Å². The van der Waals surface area contributed by atoms with Gasteiger partial charge < -0.3 is 11.1 Å². The van der Waals surface area contributed by atoms with Crippen LogP contribution in [0.25, 0.3) is 21.5 Å². The number of nitrogens with two attached hydrogens (primary N) is 1. The molecule has 0 radical (unpaired) electrons. The van der Waals surface area contributed by atoms with E-state index in [2.05, 4.69) is 15.3 Å². The van der Waals surface area contributed by atoms with Crippen molar-refractivity contribution in [3.63, 3.8) is 0 Å². The Morgan fingerprint density at radius 3 is 2.44 bits per heavy atom. The van der Waals surface area contributed by atoms with Crippen molar-refractivity contribution in [2.45, 2.75) is 0 Å².